The van der Waals surface area contributed by atoms with E-state index in [0.717, 1.165) is 22.0 Å². The number of amides is 1. The number of nitrogens with zero attached hydrogens (tertiary/aromatic N) is 4. The molecule has 0 saturated carbocycles. The molecule has 0 fully saturated rings. The number of nitrogen functional groups attached to an aromatic ring is 1. The first-order valence-corrected chi connectivity index (χ1v) is 10.6. The van der Waals surface area contributed by atoms with Crippen molar-refractivity contribution >= 4 is 51.8 Å². The number of nitrogens with one attached hydrogen (secondary N) is 1. The second-order valence-electron chi connectivity index (χ2n) is 8.27. The number of hydrogen-bond donors (Lipinski definition) is 2. The van der Waals surface area contributed by atoms with Gasteiger partial charge < -0.3 is 11.1 Å². The van der Waals surface area contributed by atoms with E-state index in [1.54, 1.807) is 22.7 Å². The Morgan fingerprint density at radius 3 is 2.49 bits per heavy atom. The average Bonchev–Trinajstić information content (AvgIpc) is 3.25. The van der Waals surface area contributed by atoms with Crippen molar-refractivity contribution in [1.29, 1.82) is 0 Å². The number of fused-ring (bicyclic) bond motifs is 2. The van der Waals surface area contributed by atoms with Crippen LogP contribution in [0.3, 0.4) is 0 Å². The number of aromatic nitrogens is 4. The molecule has 11 heteroatoms. The van der Waals surface area contributed by atoms with Gasteiger partial charge in [0.1, 0.15) is 11.5 Å². The van der Waals surface area contributed by atoms with Gasteiger partial charge in [-0.15, -0.1) is 0 Å². The fourth-order valence-electron chi connectivity index (χ4n) is 3.95. The lowest BCUT2D eigenvalue weighted by Crippen LogP contribution is -2.50. The smallest absolute Gasteiger partial charge is 0.269 e. The predicted molar refractivity (Wildman–Crippen MR) is 136 cm³/mol. The van der Waals surface area contributed by atoms with Crippen molar-refractivity contribution in [2.45, 2.75) is 12.2 Å². The third-order valence-corrected chi connectivity index (χ3v) is 5.55. The van der Waals surface area contributed by atoms with Crippen LogP contribution in [0, 0.1) is 12.7 Å². The van der Waals surface area contributed by atoms with Crippen molar-refractivity contribution in [2.75, 3.05) is 5.73 Å². The number of carbonyl (C=O) groups is 1. The van der Waals surface area contributed by atoms with Crippen LogP contribution in [-0.2, 0) is 0 Å². The summed E-state index contributed by atoms with van der Waals surface area (Å²) < 4.78 is 15.3. The fraction of sp³-hybridized carbons (Fsp3) is 0.0833. The zero-order chi connectivity index (χ0) is 24.9. The Morgan fingerprint density at radius 2 is 1.77 bits per heavy atom. The molecule has 164 valence electrons. The molecule has 3 N–H and O–H groups in total. The minimum Gasteiger partial charge on any atom is -0.381 e. The lowest BCUT2D eigenvalue weighted by molar-refractivity contribution is 0.0948. The lowest BCUT2D eigenvalue weighted by Gasteiger charge is -2.21. The molecule has 0 aliphatic rings. The van der Waals surface area contributed by atoms with Crippen LogP contribution in [-0.4, -0.2) is 54.0 Å². The van der Waals surface area contributed by atoms with Crippen LogP contribution in [0.15, 0.2) is 60.9 Å². The van der Waals surface area contributed by atoms with Crippen LogP contribution in [0.5, 0.6) is 0 Å². The van der Waals surface area contributed by atoms with Gasteiger partial charge in [-0.25, -0.2) is 14.4 Å². The molecule has 2 aromatic carbocycles. The zero-order valence-corrected chi connectivity index (χ0v) is 18.7. The van der Waals surface area contributed by atoms with E-state index in [4.69, 9.17) is 29.3 Å². The Kier molecular flexibility index (Phi) is 5.35. The molecule has 0 bridgehead atoms. The van der Waals surface area contributed by atoms with Crippen molar-refractivity contribution < 1.29 is 9.18 Å². The number of imidazole rings is 1. The highest BCUT2D eigenvalue weighted by Gasteiger charge is 2.22. The molecule has 0 unspecified atom stereocenters. The molecular weight excluding hydrogens is 440 g/mol. The van der Waals surface area contributed by atoms with E-state index in [2.05, 4.69) is 20.3 Å². The molecule has 0 saturated heterocycles. The summed E-state index contributed by atoms with van der Waals surface area (Å²) >= 11 is 0. The number of pyridine rings is 1. The van der Waals surface area contributed by atoms with Crippen molar-refractivity contribution in [1.82, 2.24) is 24.7 Å². The summed E-state index contributed by atoms with van der Waals surface area (Å²) in [5.41, 5.74) is 10.8. The molecule has 0 atom stereocenters. The minimum absolute atomic E-state index is 0.0135. The molecular formula is C24H16B3FN6O. The Hall–Kier alpha value is -4.14. The highest BCUT2D eigenvalue weighted by atomic mass is 19.1. The van der Waals surface area contributed by atoms with Crippen molar-refractivity contribution in [3.05, 3.63) is 78.0 Å². The van der Waals surface area contributed by atoms with Gasteiger partial charge in [-0.2, -0.15) is 0 Å². The van der Waals surface area contributed by atoms with E-state index in [-0.39, 0.29) is 23.0 Å². The Bertz CT molecular complexity index is 1610. The fourth-order valence-corrected chi connectivity index (χ4v) is 3.95. The van der Waals surface area contributed by atoms with E-state index in [9.17, 15) is 9.18 Å². The minimum atomic E-state index is -1.93. The number of hydrogen-bond acceptors (Lipinski definition) is 5. The van der Waals surface area contributed by atoms with Gasteiger partial charge in [0.15, 0.2) is 11.5 Å². The lowest BCUT2D eigenvalue weighted by atomic mass is 9.49. The molecule has 3 aromatic heterocycles. The molecule has 35 heavy (non-hydrogen) atoms. The van der Waals surface area contributed by atoms with Crippen molar-refractivity contribution in [3.63, 3.8) is 0 Å². The largest absolute Gasteiger partial charge is 0.381 e. The highest BCUT2D eigenvalue weighted by molar-refractivity contribution is 6.60. The van der Waals surface area contributed by atoms with Gasteiger partial charge in [-0.05, 0) is 55.0 Å². The first kappa shape index (κ1) is 22.6. The quantitative estimate of drug-likeness (QED) is 0.406. The number of carbonyl (C=O) groups excluding carboxylic acids is 1. The number of halogens is 1. The molecule has 5 aromatic rings. The summed E-state index contributed by atoms with van der Waals surface area (Å²) in [5.74, 6) is -0.995. The normalized spacial score (nSPS) is 11.7. The monoisotopic (exact) mass is 456 g/mol. The Balaban J connectivity index is 1.81. The first-order chi connectivity index (χ1) is 16.6. The maximum atomic E-state index is 13.7. The number of anilines is 1. The van der Waals surface area contributed by atoms with E-state index in [1.165, 1.54) is 18.3 Å². The summed E-state index contributed by atoms with van der Waals surface area (Å²) in [6.07, 6.45) is 3.24. The van der Waals surface area contributed by atoms with Gasteiger partial charge in [-0.1, -0.05) is 11.3 Å². The molecule has 1 amide bonds. The number of benzene rings is 2. The van der Waals surface area contributed by atoms with Gasteiger partial charge in [0, 0.05) is 28.9 Å². The number of aryl methyl sites for hydroxylation is 1. The zero-order valence-electron chi connectivity index (χ0n) is 18.7. The SMILES string of the molecule is [B]C([B])([B])NC(=O)c1cn2c(-c3ccc4nccc(C)c4c3)c(-c3ccc(F)cc3)nc(N)c2n1. The van der Waals surface area contributed by atoms with E-state index in [1.807, 2.05) is 31.2 Å². The van der Waals surface area contributed by atoms with Gasteiger partial charge in [0.05, 0.1) is 40.4 Å². The van der Waals surface area contributed by atoms with Gasteiger partial charge >= 0.3 is 0 Å². The second kappa shape index (κ2) is 8.27. The van der Waals surface area contributed by atoms with Crippen LogP contribution in [0.25, 0.3) is 39.1 Å². The molecule has 7 nitrogen and oxygen atoms in total. The average molecular weight is 456 g/mol. The Morgan fingerprint density at radius 1 is 1.06 bits per heavy atom. The summed E-state index contributed by atoms with van der Waals surface area (Å²) in [4.78, 5) is 26.0. The summed E-state index contributed by atoms with van der Waals surface area (Å²) in [6.45, 7) is 1.99. The van der Waals surface area contributed by atoms with Gasteiger partial charge in [0.2, 0.25) is 0 Å². The van der Waals surface area contributed by atoms with Gasteiger partial charge in [0.25, 0.3) is 5.91 Å². The van der Waals surface area contributed by atoms with E-state index in [0.29, 0.717) is 17.0 Å². The van der Waals surface area contributed by atoms with Crippen LogP contribution in [0.2, 0.25) is 0 Å². The van der Waals surface area contributed by atoms with Gasteiger partial charge in [-0.3, -0.25) is 14.2 Å². The standard InChI is InChI=1S/C24H16B3FN6O/c1-12-8-9-30-17-7-4-14(10-16(12)17)20-19(13-2-5-15(28)6-3-13)32-21(29)22-31-18(11-34(20)22)23(35)33-24(25,26)27/h2-11H,1H3,(H2,29,32)(H,33,35). The maximum Gasteiger partial charge on any atom is 0.269 e. The molecule has 5 rings (SSSR count). The third kappa shape index (κ3) is 4.25. The first-order valence-electron chi connectivity index (χ1n) is 10.6. The van der Waals surface area contributed by atoms with E-state index >= 15 is 0 Å². The molecule has 6 radical (unpaired) electrons. The highest BCUT2D eigenvalue weighted by Crippen LogP contribution is 2.35. The molecule has 0 aliphatic carbocycles. The van der Waals surface area contributed by atoms with Crippen LogP contribution >= 0.6 is 0 Å². The third-order valence-electron chi connectivity index (χ3n) is 5.55. The molecule has 0 aliphatic heterocycles. The maximum absolute atomic E-state index is 13.7. The summed E-state index contributed by atoms with van der Waals surface area (Å²) in [7, 11) is 16.5. The topological polar surface area (TPSA) is 98.2 Å². The van der Waals surface area contributed by atoms with Crippen LogP contribution < -0.4 is 11.1 Å². The van der Waals surface area contributed by atoms with Crippen LogP contribution in [0.4, 0.5) is 10.2 Å². The number of nitrogens with two attached hydrogens (primary N) is 1. The second-order valence-corrected chi connectivity index (χ2v) is 8.27. The summed E-state index contributed by atoms with van der Waals surface area (Å²) in [5, 5.41) is 1.28. The Labute approximate surface area is 204 Å². The van der Waals surface area contributed by atoms with Crippen molar-refractivity contribution in [3.8, 4) is 22.5 Å². The van der Waals surface area contributed by atoms with Crippen LogP contribution in [0.1, 0.15) is 16.1 Å². The molecule has 0 spiro atoms. The van der Waals surface area contributed by atoms with E-state index < -0.39 is 11.1 Å². The summed E-state index contributed by atoms with van der Waals surface area (Å²) in [6, 6.07) is 13.6. The van der Waals surface area contributed by atoms with Crippen molar-refractivity contribution in [2.24, 2.45) is 0 Å². The number of rotatable bonds is 4. The molecule has 3 heterocycles. The predicted octanol–water partition coefficient (Wildman–Crippen LogP) is 2.49.